The molecule has 10 nitrogen and oxygen atoms in total. The fourth-order valence-electron chi connectivity index (χ4n) is 4.25. The molecule has 0 unspecified atom stereocenters. The lowest BCUT2D eigenvalue weighted by Gasteiger charge is -2.13. The number of rotatable bonds is 4. The highest BCUT2D eigenvalue weighted by molar-refractivity contribution is 6.31. The van der Waals surface area contributed by atoms with Crippen molar-refractivity contribution in [2.75, 3.05) is 5.32 Å². The van der Waals surface area contributed by atoms with Crippen LogP contribution in [0.1, 0.15) is 21.5 Å². The van der Waals surface area contributed by atoms with E-state index in [4.69, 9.17) is 11.6 Å². The van der Waals surface area contributed by atoms with Crippen LogP contribution in [0.4, 0.5) is 5.69 Å². The van der Waals surface area contributed by atoms with E-state index in [2.05, 4.69) is 42.7 Å². The van der Waals surface area contributed by atoms with Gasteiger partial charge in [-0.2, -0.15) is 0 Å². The molecule has 0 aliphatic heterocycles. The van der Waals surface area contributed by atoms with Crippen LogP contribution in [0.15, 0.2) is 96.3 Å². The number of carbonyl (C=O) groups is 1. The maximum Gasteiger partial charge on any atom is 0.261 e. The Morgan fingerprint density at radius 1 is 0.951 bits per heavy atom. The minimum Gasteiger partial charge on any atom is -0.322 e. The fourth-order valence-corrected chi connectivity index (χ4v) is 4.40. The number of halogens is 1. The van der Waals surface area contributed by atoms with Crippen molar-refractivity contribution in [3.63, 3.8) is 0 Å². The van der Waals surface area contributed by atoms with Gasteiger partial charge in [0.1, 0.15) is 11.2 Å². The first-order chi connectivity index (χ1) is 20.0. The monoisotopic (exact) mass is 558 g/mol. The van der Waals surface area contributed by atoms with E-state index in [1.165, 1.54) is 18.5 Å². The fraction of sp³-hybridized carbons (Fsp3) is 0.0333. The zero-order chi connectivity index (χ0) is 28.3. The number of benzene rings is 2. The quantitative estimate of drug-likeness (QED) is 0.321. The number of carbonyl (C=O) groups excluding carboxylic acids is 1. The third-order valence-electron chi connectivity index (χ3n) is 6.18. The molecule has 0 spiro atoms. The topological polar surface area (TPSA) is 120 Å². The number of hydrogen-bond acceptors (Lipinski definition) is 7. The number of amides is 1. The number of aromatic nitrogens is 7. The largest absolute Gasteiger partial charge is 0.322 e. The van der Waals surface area contributed by atoms with Crippen molar-refractivity contribution in [3.8, 4) is 28.9 Å². The van der Waals surface area contributed by atoms with Gasteiger partial charge < -0.3 is 9.88 Å². The molecule has 6 aromatic rings. The number of nitrogens with one attached hydrogen (secondary N) is 1. The Morgan fingerprint density at radius 3 is 2.59 bits per heavy atom. The number of aryl methyl sites for hydroxylation is 1. The third-order valence-corrected chi connectivity index (χ3v) is 6.38. The van der Waals surface area contributed by atoms with Crippen LogP contribution in [0.2, 0.25) is 5.02 Å². The number of nitrogens with zero attached hydrogens (tertiary/aromatic N) is 7. The maximum absolute atomic E-state index is 13.3. The normalized spacial score (nSPS) is 10.7. The van der Waals surface area contributed by atoms with Crippen LogP contribution in [-0.2, 0) is 7.05 Å². The van der Waals surface area contributed by atoms with Gasteiger partial charge in [-0.25, -0.2) is 9.67 Å². The summed E-state index contributed by atoms with van der Waals surface area (Å²) in [6.45, 7) is 0. The lowest BCUT2D eigenvalue weighted by atomic mass is 10.1. The van der Waals surface area contributed by atoms with E-state index in [0.29, 0.717) is 34.0 Å². The minimum atomic E-state index is -0.543. The highest BCUT2D eigenvalue weighted by atomic mass is 35.5. The van der Waals surface area contributed by atoms with E-state index >= 15 is 0 Å². The molecule has 1 amide bonds. The molecule has 0 atom stereocenters. The molecule has 41 heavy (non-hydrogen) atoms. The first-order valence-corrected chi connectivity index (χ1v) is 12.7. The molecule has 0 aliphatic rings. The number of tetrazole rings is 1. The molecule has 0 saturated heterocycles. The lowest BCUT2D eigenvalue weighted by Crippen LogP contribution is -2.24. The van der Waals surface area contributed by atoms with Crippen LogP contribution < -0.4 is 10.7 Å². The van der Waals surface area contributed by atoms with Gasteiger partial charge in [-0.15, -0.1) is 5.10 Å². The van der Waals surface area contributed by atoms with Crippen molar-refractivity contribution in [3.05, 3.63) is 123 Å². The number of hydrogen-bond donors (Lipinski definition) is 1. The number of pyridine rings is 3. The van der Waals surface area contributed by atoms with E-state index in [0.717, 1.165) is 5.56 Å². The van der Waals surface area contributed by atoms with Crippen molar-refractivity contribution in [1.29, 1.82) is 0 Å². The summed E-state index contributed by atoms with van der Waals surface area (Å²) in [6, 6.07) is 19.7. The van der Waals surface area contributed by atoms with Crippen molar-refractivity contribution in [2.24, 2.45) is 7.05 Å². The molecule has 0 aliphatic carbocycles. The molecular formula is C30H19ClN8O2. The van der Waals surface area contributed by atoms with Gasteiger partial charge >= 0.3 is 0 Å². The van der Waals surface area contributed by atoms with Gasteiger partial charge in [0.15, 0.2) is 5.82 Å². The Morgan fingerprint density at radius 2 is 1.78 bits per heavy atom. The Hall–Kier alpha value is -5.66. The predicted octanol–water partition coefficient (Wildman–Crippen LogP) is 4.28. The lowest BCUT2D eigenvalue weighted by molar-refractivity contribution is 0.102. The average molecular weight is 559 g/mol. The van der Waals surface area contributed by atoms with Crippen LogP contribution in [-0.4, -0.2) is 40.6 Å². The first-order valence-electron chi connectivity index (χ1n) is 12.3. The second-order valence-electron chi connectivity index (χ2n) is 8.98. The van der Waals surface area contributed by atoms with Crippen LogP contribution in [0.3, 0.4) is 0 Å². The zero-order valence-corrected chi connectivity index (χ0v) is 22.2. The molecule has 198 valence electrons. The molecule has 2 aromatic carbocycles. The molecule has 0 fully saturated rings. The Bertz CT molecular complexity index is 2060. The molecule has 0 bridgehead atoms. The van der Waals surface area contributed by atoms with Crippen LogP contribution >= 0.6 is 11.6 Å². The standard InChI is InChI=1S/C30H19ClN8O2/c1-38-28(35-36-37-38)21-12-20(15-32-16-21)11-10-19-6-5-9-24(13-19)39-18-26(30(41)34-23-7-3-2-4-8-23)27(40)25-14-22(31)17-33-29(25)39/h2-9,12-18H,1H3,(H,34,41). The number of para-hydroxylation sites is 1. The minimum absolute atomic E-state index is 0.0527. The molecule has 4 aromatic heterocycles. The highest BCUT2D eigenvalue weighted by Crippen LogP contribution is 2.21. The number of fused-ring (bicyclic) bond motifs is 1. The van der Waals surface area contributed by atoms with E-state index in [-0.39, 0.29) is 16.0 Å². The van der Waals surface area contributed by atoms with Gasteiger partial charge in [-0.05, 0) is 52.9 Å². The summed E-state index contributed by atoms with van der Waals surface area (Å²) in [6.07, 6.45) is 6.27. The van der Waals surface area contributed by atoms with Crippen molar-refractivity contribution < 1.29 is 4.79 Å². The summed E-state index contributed by atoms with van der Waals surface area (Å²) in [4.78, 5) is 35.2. The van der Waals surface area contributed by atoms with E-state index in [1.54, 1.807) is 53.0 Å². The van der Waals surface area contributed by atoms with Crippen LogP contribution in [0.25, 0.3) is 28.1 Å². The molecule has 0 radical (unpaired) electrons. The summed E-state index contributed by atoms with van der Waals surface area (Å²) in [7, 11) is 1.75. The first kappa shape index (κ1) is 25.6. The van der Waals surface area contributed by atoms with Gasteiger partial charge in [0.2, 0.25) is 5.43 Å². The van der Waals surface area contributed by atoms with Crippen molar-refractivity contribution in [2.45, 2.75) is 0 Å². The highest BCUT2D eigenvalue weighted by Gasteiger charge is 2.18. The molecule has 1 N–H and O–H groups in total. The predicted molar refractivity (Wildman–Crippen MR) is 155 cm³/mol. The second kappa shape index (κ2) is 10.8. The molecule has 0 saturated carbocycles. The second-order valence-corrected chi connectivity index (χ2v) is 9.41. The average Bonchev–Trinajstić information content (AvgIpc) is 3.43. The third kappa shape index (κ3) is 5.30. The number of anilines is 1. The van der Waals surface area contributed by atoms with Gasteiger partial charge in [0, 0.05) is 59.9 Å². The molecule has 11 heteroatoms. The van der Waals surface area contributed by atoms with Gasteiger partial charge in [-0.3, -0.25) is 14.6 Å². The zero-order valence-electron chi connectivity index (χ0n) is 21.5. The van der Waals surface area contributed by atoms with Gasteiger partial charge in [0.05, 0.1) is 10.4 Å². The summed E-state index contributed by atoms with van der Waals surface area (Å²) in [5, 5.41) is 14.8. The SMILES string of the molecule is Cn1nnnc1-c1cncc(C#Cc2cccc(-n3cc(C(=O)Nc4ccccc4)c(=O)c4cc(Cl)cnc43)c2)c1. The molecular weight excluding hydrogens is 540 g/mol. The smallest absolute Gasteiger partial charge is 0.261 e. The van der Waals surface area contributed by atoms with Crippen molar-refractivity contribution in [1.82, 2.24) is 34.7 Å². The maximum atomic E-state index is 13.3. The summed E-state index contributed by atoms with van der Waals surface area (Å²) >= 11 is 6.18. The van der Waals surface area contributed by atoms with E-state index < -0.39 is 11.3 Å². The Labute approximate surface area is 238 Å². The summed E-state index contributed by atoms with van der Waals surface area (Å²) in [5.74, 6) is 6.31. The van der Waals surface area contributed by atoms with E-state index in [1.807, 2.05) is 36.4 Å². The van der Waals surface area contributed by atoms with Crippen LogP contribution in [0.5, 0.6) is 0 Å². The summed E-state index contributed by atoms with van der Waals surface area (Å²) < 4.78 is 3.24. The Balaban J connectivity index is 1.40. The van der Waals surface area contributed by atoms with Crippen LogP contribution in [0, 0.1) is 11.8 Å². The molecule has 6 rings (SSSR count). The van der Waals surface area contributed by atoms with E-state index in [9.17, 15) is 9.59 Å². The van der Waals surface area contributed by atoms with Gasteiger partial charge in [-0.1, -0.05) is 47.7 Å². The Kier molecular flexibility index (Phi) is 6.77. The van der Waals surface area contributed by atoms with Crippen molar-refractivity contribution >= 4 is 34.2 Å². The van der Waals surface area contributed by atoms with Gasteiger partial charge in [0.25, 0.3) is 5.91 Å². The molecule has 4 heterocycles. The summed E-state index contributed by atoms with van der Waals surface area (Å²) in [5.41, 5.74) is 3.18.